The van der Waals surface area contributed by atoms with Crippen LogP contribution in [0.25, 0.3) is 6.08 Å². The average Bonchev–Trinajstić information content (AvgIpc) is 3.14. The van der Waals surface area contributed by atoms with Crippen LogP contribution >= 0.6 is 0 Å². The Balaban J connectivity index is 1.61. The molecule has 0 unspecified atom stereocenters. The van der Waals surface area contributed by atoms with Gasteiger partial charge in [-0.05, 0) is 60.2 Å². The summed E-state index contributed by atoms with van der Waals surface area (Å²) in [5.41, 5.74) is 2.56. The van der Waals surface area contributed by atoms with Crippen molar-refractivity contribution < 1.29 is 22.7 Å². The fraction of sp³-hybridized carbons (Fsp3) is 0.286. The molecule has 0 heterocycles. The van der Waals surface area contributed by atoms with Crippen LogP contribution in [-0.2, 0) is 0 Å². The summed E-state index contributed by atoms with van der Waals surface area (Å²) >= 11 is 0. The van der Waals surface area contributed by atoms with Crippen LogP contribution in [0.2, 0.25) is 0 Å². The molecule has 26 heavy (non-hydrogen) atoms. The summed E-state index contributed by atoms with van der Waals surface area (Å²) < 4.78 is 40.2. The fourth-order valence-corrected chi connectivity index (χ4v) is 3.23. The Labute approximate surface area is 150 Å². The van der Waals surface area contributed by atoms with E-state index in [0.29, 0.717) is 11.5 Å². The molecule has 2 aromatic rings. The predicted molar refractivity (Wildman–Crippen MR) is 94.1 cm³/mol. The lowest BCUT2D eigenvalue weighted by atomic mass is 9.96. The van der Waals surface area contributed by atoms with Crippen LogP contribution in [0.1, 0.15) is 53.1 Å². The van der Waals surface area contributed by atoms with Gasteiger partial charge in [-0.2, -0.15) is 0 Å². The maximum Gasteiger partial charge on any atom is 0.573 e. The molecular weight excluding hydrogens is 341 g/mol. The second kappa shape index (κ2) is 7.77. The number of ether oxygens (including phenoxy) is 1. The summed E-state index contributed by atoms with van der Waals surface area (Å²) in [4.78, 5) is 12.1. The highest BCUT2D eigenvalue weighted by atomic mass is 19.4. The molecule has 2 nitrogen and oxygen atoms in total. The number of halogens is 3. The largest absolute Gasteiger partial charge is 0.573 e. The lowest BCUT2D eigenvalue weighted by molar-refractivity contribution is -0.274. The van der Waals surface area contributed by atoms with E-state index >= 15 is 0 Å². The monoisotopic (exact) mass is 360 g/mol. The summed E-state index contributed by atoms with van der Waals surface area (Å²) in [5.74, 6) is 0.0241. The van der Waals surface area contributed by atoms with Gasteiger partial charge in [0.2, 0.25) is 0 Å². The molecule has 0 spiro atoms. The summed E-state index contributed by atoms with van der Waals surface area (Å²) in [7, 11) is 0. The normalized spacial score (nSPS) is 15.5. The van der Waals surface area contributed by atoms with Crippen LogP contribution in [-0.4, -0.2) is 12.1 Å². The zero-order valence-electron chi connectivity index (χ0n) is 14.1. The number of alkyl halides is 3. The molecule has 2 aromatic carbocycles. The van der Waals surface area contributed by atoms with Crippen LogP contribution < -0.4 is 4.74 Å². The SMILES string of the molecule is O=C(C=Cc1ccc(C2CCCC2)cc1)c1ccc(OC(F)(F)F)cc1. The summed E-state index contributed by atoms with van der Waals surface area (Å²) in [6.45, 7) is 0. The van der Waals surface area contributed by atoms with Gasteiger partial charge >= 0.3 is 6.36 Å². The smallest absolute Gasteiger partial charge is 0.406 e. The molecule has 136 valence electrons. The van der Waals surface area contributed by atoms with Crippen molar-refractivity contribution in [3.05, 3.63) is 71.3 Å². The number of rotatable bonds is 5. The van der Waals surface area contributed by atoms with Gasteiger partial charge in [-0.1, -0.05) is 43.2 Å². The number of carbonyl (C=O) groups is 1. The van der Waals surface area contributed by atoms with Gasteiger partial charge in [0.15, 0.2) is 5.78 Å². The Kier molecular flexibility index (Phi) is 5.45. The summed E-state index contributed by atoms with van der Waals surface area (Å²) in [5, 5.41) is 0. The van der Waals surface area contributed by atoms with E-state index in [1.54, 1.807) is 6.08 Å². The number of ketones is 1. The first-order chi connectivity index (χ1) is 12.4. The molecule has 0 amide bonds. The van der Waals surface area contributed by atoms with Crippen molar-refractivity contribution in [2.75, 3.05) is 0 Å². The van der Waals surface area contributed by atoms with Gasteiger partial charge in [-0.3, -0.25) is 4.79 Å². The number of carbonyl (C=O) groups excluding carboxylic acids is 1. The van der Waals surface area contributed by atoms with E-state index in [0.717, 1.165) is 17.7 Å². The molecule has 0 atom stereocenters. The highest BCUT2D eigenvalue weighted by molar-refractivity contribution is 6.06. The highest BCUT2D eigenvalue weighted by Crippen LogP contribution is 2.34. The third kappa shape index (κ3) is 4.97. The molecule has 1 fully saturated rings. The van der Waals surface area contributed by atoms with E-state index in [1.165, 1.54) is 49.5 Å². The van der Waals surface area contributed by atoms with E-state index in [1.807, 2.05) is 12.1 Å². The van der Waals surface area contributed by atoms with Crippen LogP contribution in [0, 0.1) is 0 Å². The topological polar surface area (TPSA) is 26.3 Å². The molecule has 1 aliphatic carbocycles. The predicted octanol–water partition coefficient (Wildman–Crippen LogP) is 6.14. The van der Waals surface area contributed by atoms with Gasteiger partial charge < -0.3 is 4.74 Å². The first-order valence-electron chi connectivity index (χ1n) is 8.59. The number of hydrogen-bond acceptors (Lipinski definition) is 2. The Hall–Kier alpha value is -2.56. The molecule has 1 saturated carbocycles. The molecular formula is C21H19F3O2. The minimum atomic E-state index is -4.74. The zero-order chi connectivity index (χ0) is 18.6. The van der Waals surface area contributed by atoms with Crippen molar-refractivity contribution in [2.45, 2.75) is 38.0 Å². The van der Waals surface area contributed by atoms with Gasteiger partial charge in [0.1, 0.15) is 5.75 Å². The van der Waals surface area contributed by atoms with E-state index in [4.69, 9.17) is 0 Å². The van der Waals surface area contributed by atoms with Gasteiger partial charge in [0.05, 0.1) is 0 Å². The zero-order valence-corrected chi connectivity index (χ0v) is 14.1. The molecule has 3 rings (SSSR count). The molecule has 5 heteroatoms. The molecule has 1 aliphatic rings. The number of hydrogen-bond donors (Lipinski definition) is 0. The minimum Gasteiger partial charge on any atom is -0.406 e. The molecule has 0 radical (unpaired) electrons. The Morgan fingerprint density at radius 3 is 2.15 bits per heavy atom. The molecule has 0 bridgehead atoms. The van der Waals surface area contributed by atoms with Crippen molar-refractivity contribution in [2.24, 2.45) is 0 Å². The fourth-order valence-electron chi connectivity index (χ4n) is 3.23. The maximum atomic E-state index is 12.1. The van der Waals surface area contributed by atoms with E-state index < -0.39 is 6.36 Å². The van der Waals surface area contributed by atoms with Crippen LogP contribution in [0.4, 0.5) is 13.2 Å². The van der Waals surface area contributed by atoms with Crippen molar-refractivity contribution in [1.82, 2.24) is 0 Å². The average molecular weight is 360 g/mol. The standard InChI is InChI=1S/C21H19F3O2/c22-21(23,24)26-19-12-10-18(11-13-19)20(25)14-7-15-5-8-17(9-6-15)16-3-1-2-4-16/h5-14,16H,1-4H2. The first-order valence-corrected chi connectivity index (χ1v) is 8.59. The van der Waals surface area contributed by atoms with E-state index in [2.05, 4.69) is 16.9 Å². The summed E-state index contributed by atoms with van der Waals surface area (Å²) in [6, 6.07) is 13.1. The van der Waals surface area contributed by atoms with Gasteiger partial charge in [0.25, 0.3) is 0 Å². The first kappa shape index (κ1) is 18.2. The molecule has 0 N–H and O–H groups in total. The quantitative estimate of drug-likeness (QED) is 0.473. The number of allylic oxidation sites excluding steroid dienone is 1. The Morgan fingerprint density at radius 1 is 0.962 bits per heavy atom. The van der Waals surface area contributed by atoms with Crippen molar-refractivity contribution in [1.29, 1.82) is 0 Å². The second-order valence-corrected chi connectivity index (χ2v) is 6.42. The van der Waals surface area contributed by atoms with Gasteiger partial charge in [-0.25, -0.2) is 0 Å². The Morgan fingerprint density at radius 2 is 1.58 bits per heavy atom. The van der Waals surface area contributed by atoms with Crippen molar-refractivity contribution >= 4 is 11.9 Å². The summed E-state index contributed by atoms with van der Waals surface area (Å²) in [6.07, 6.45) is 3.44. The van der Waals surface area contributed by atoms with E-state index in [-0.39, 0.29) is 11.5 Å². The number of benzene rings is 2. The molecule has 0 aliphatic heterocycles. The second-order valence-electron chi connectivity index (χ2n) is 6.42. The minimum absolute atomic E-state index is 0.275. The Bertz CT molecular complexity index is 768. The van der Waals surface area contributed by atoms with Gasteiger partial charge in [-0.15, -0.1) is 13.2 Å². The van der Waals surface area contributed by atoms with Crippen LogP contribution in [0.5, 0.6) is 5.75 Å². The highest BCUT2D eigenvalue weighted by Gasteiger charge is 2.31. The van der Waals surface area contributed by atoms with E-state index in [9.17, 15) is 18.0 Å². The molecule has 0 saturated heterocycles. The lowest BCUT2D eigenvalue weighted by Crippen LogP contribution is -2.17. The van der Waals surface area contributed by atoms with Crippen molar-refractivity contribution in [3.63, 3.8) is 0 Å². The molecule has 0 aromatic heterocycles. The van der Waals surface area contributed by atoms with Crippen LogP contribution in [0.15, 0.2) is 54.6 Å². The third-order valence-corrected chi connectivity index (χ3v) is 4.56. The third-order valence-electron chi connectivity index (χ3n) is 4.56. The van der Waals surface area contributed by atoms with Crippen molar-refractivity contribution in [3.8, 4) is 5.75 Å². The maximum absolute atomic E-state index is 12.1. The van der Waals surface area contributed by atoms with Gasteiger partial charge in [0, 0.05) is 5.56 Å². The lowest BCUT2D eigenvalue weighted by Gasteiger charge is -2.09. The van der Waals surface area contributed by atoms with Crippen LogP contribution in [0.3, 0.4) is 0 Å².